The number of carbonyl (C=O) groups excluding carboxylic acids is 1. The van der Waals surface area contributed by atoms with Crippen LogP contribution in [0, 0.1) is 0 Å². The Labute approximate surface area is 167 Å². The highest BCUT2D eigenvalue weighted by Crippen LogP contribution is 2.33. The number of hydrogen-bond acceptors (Lipinski definition) is 5. The Kier molecular flexibility index (Phi) is 8.82. The van der Waals surface area contributed by atoms with Crippen LogP contribution in [0.3, 0.4) is 0 Å². The Balaban J connectivity index is 2.11. The molecule has 0 aromatic heterocycles. The highest BCUT2D eigenvalue weighted by Gasteiger charge is 2.17. The first-order valence-electron chi connectivity index (χ1n) is 9.78. The van der Waals surface area contributed by atoms with Crippen LogP contribution in [0.2, 0.25) is 0 Å². The Morgan fingerprint density at radius 3 is 2.21 bits per heavy atom. The van der Waals surface area contributed by atoms with Crippen LogP contribution in [0.25, 0.3) is 10.8 Å². The van der Waals surface area contributed by atoms with E-state index in [0.29, 0.717) is 24.5 Å². The van der Waals surface area contributed by atoms with E-state index in [-0.39, 0.29) is 13.2 Å². The van der Waals surface area contributed by atoms with Gasteiger partial charge in [0.25, 0.3) is 0 Å². The number of benzene rings is 2. The summed E-state index contributed by atoms with van der Waals surface area (Å²) < 4.78 is 22.8. The maximum Gasteiger partial charge on any atom is 0.333 e. The van der Waals surface area contributed by atoms with Crippen molar-refractivity contribution in [3.05, 3.63) is 48.6 Å². The average molecular weight is 386 g/mol. The zero-order chi connectivity index (χ0) is 20.4. The van der Waals surface area contributed by atoms with Crippen molar-refractivity contribution >= 4 is 16.7 Å². The molecule has 1 atom stereocenters. The maximum atomic E-state index is 11.9. The summed E-state index contributed by atoms with van der Waals surface area (Å²) in [6.07, 6.45) is 1.50. The van der Waals surface area contributed by atoms with Crippen LogP contribution in [-0.4, -0.2) is 38.5 Å². The zero-order valence-corrected chi connectivity index (χ0v) is 17.0. The lowest BCUT2D eigenvalue weighted by atomic mass is 10.1. The summed E-state index contributed by atoms with van der Waals surface area (Å²) in [5, 5.41) is 1.93. The minimum atomic E-state index is -0.508. The topological polar surface area (TPSA) is 54.0 Å². The fraction of sp³-hybridized carbons (Fsp3) is 0.435. The summed E-state index contributed by atoms with van der Waals surface area (Å²) in [5.41, 5.74) is 0.352. The third-order valence-corrected chi connectivity index (χ3v) is 4.14. The van der Waals surface area contributed by atoms with E-state index in [1.54, 1.807) is 6.92 Å². The Bertz CT molecular complexity index is 784. The van der Waals surface area contributed by atoms with Crippen molar-refractivity contribution in [3.8, 4) is 11.5 Å². The van der Waals surface area contributed by atoms with Crippen molar-refractivity contribution in [1.29, 1.82) is 0 Å². The predicted octanol–water partition coefficient (Wildman–Crippen LogP) is 4.92. The van der Waals surface area contributed by atoms with Gasteiger partial charge in [-0.25, -0.2) is 4.79 Å². The molecule has 1 unspecified atom stereocenters. The normalized spacial score (nSPS) is 11.8. The maximum absolute atomic E-state index is 11.9. The standard InChI is InChI=1S/C23H30O5/c1-5-7-14-25-15-18(28-23(24)17(3)4)16-27-22-13-12-21(26-6-2)19-10-8-9-11-20(19)22/h8-13,18H,3,5-7,14-16H2,1-2,4H3. The molecule has 0 heterocycles. The van der Waals surface area contributed by atoms with E-state index in [1.165, 1.54) is 0 Å². The molecule has 0 saturated heterocycles. The van der Waals surface area contributed by atoms with Crippen LogP contribution >= 0.6 is 0 Å². The van der Waals surface area contributed by atoms with Gasteiger partial charge in [0.1, 0.15) is 18.1 Å². The molecule has 152 valence electrons. The summed E-state index contributed by atoms with van der Waals surface area (Å²) in [6.45, 7) is 11.0. The number of carbonyl (C=O) groups is 1. The first kappa shape index (κ1) is 21.8. The quantitative estimate of drug-likeness (QED) is 0.294. The van der Waals surface area contributed by atoms with E-state index < -0.39 is 12.1 Å². The average Bonchev–Trinajstić information content (AvgIpc) is 2.70. The second kappa shape index (κ2) is 11.3. The molecule has 2 aromatic carbocycles. The van der Waals surface area contributed by atoms with Crippen LogP contribution in [0.1, 0.15) is 33.6 Å². The summed E-state index contributed by atoms with van der Waals surface area (Å²) >= 11 is 0. The Morgan fingerprint density at radius 2 is 1.64 bits per heavy atom. The molecule has 0 aliphatic carbocycles. The molecule has 0 saturated carbocycles. The summed E-state index contributed by atoms with van der Waals surface area (Å²) in [5.74, 6) is 1.09. The number of fused-ring (bicyclic) bond motifs is 1. The van der Waals surface area contributed by atoms with Gasteiger partial charge in [0, 0.05) is 23.0 Å². The smallest absolute Gasteiger partial charge is 0.333 e. The van der Waals surface area contributed by atoms with E-state index in [4.69, 9.17) is 18.9 Å². The van der Waals surface area contributed by atoms with Gasteiger partial charge in [0.05, 0.1) is 13.2 Å². The molecule has 0 fully saturated rings. The fourth-order valence-corrected chi connectivity index (χ4v) is 2.66. The minimum Gasteiger partial charge on any atom is -0.493 e. The SMILES string of the molecule is C=C(C)C(=O)OC(COCCCC)COc1ccc(OCC)c2ccccc12. The van der Waals surface area contributed by atoms with E-state index in [9.17, 15) is 4.79 Å². The monoisotopic (exact) mass is 386 g/mol. The Hall–Kier alpha value is -2.53. The molecule has 0 radical (unpaired) electrons. The molecule has 5 nitrogen and oxygen atoms in total. The van der Waals surface area contributed by atoms with Crippen molar-refractivity contribution in [2.24, 2.45) is 0 Å². The zero-order valence-electron chi connectivity index (χ0n) is 17.0. The van der Waals surface area contributed by atoms with Gasteiger partial charge >= 0.3 is 5.97 Å². The van der Waals surface area contributed by atoms with Gasteiger partial charge in [0.2, 0.25) is 0 Å². The fourth-order valence-electron chi connectivity index (χ4n) is 2.66. The molecule has 0 aliphatic rings. The number of hydrogen-bond donors (Lipinski definition) is 0. The minimum absolute atomic E-state index is 0.198. The van der Waals surface area contributed by atoms with Crippen LogP contribution in [0.15, 0.2) is 48.6 Å². The number of esters is 1. The largest absolute Gasteiger partial charge is 0.493 e. The van der Waals surface area contributed by atoms with Crippen molar-refractivity contribution in [3.63, 3.8) is 0 Å². The van der Waals surface area contributed by atoms with Gasteiger partial charge in [-0.2, -0.15) is 0 Å². The highest BCUT2D eigenvalue weighted by atomic mass is 16.6. The van der Waals surface area contributed by atoms with Gasteiger partial charge in [-0.15, -0.1) is 0 Å². The van der Waals surface area contributed by atoms with E-state index in [0.717, 1.165) is 29.4 Å². The van der Waals surface area contributed by atoms with Gasteiger partial charge in [-0.05, 0) is 32.4 Å². The number of ether oxygens (including phenoxy) is 4. The van der Waals surface area contributed by atoms with Gasteiger partial charge in [0.15, 0.2) is 6.10 Å². The first-order chi connectivity index (χ1) is 13.6. The number of rotatable bonds is 12. The van der Waals surface area contributed by atoms with Crippen LogP contribution < -0.4 is 9.47 Å². The third kappa shape index (κ3) is 6.27. The molecule has 2 aromatic rings. The Morgan fingerprint density at radius 1 is 1.00 bits per heavy atom. The molecule has 0 aliphatic heterocycles. The molecule has 0 amide bonds. The summed E-state index contributed by atoms with van der Waals surface area (Å²) in [7, 11) is 0. The van der Waals surface area contributed by atoms with Crippen LogP contribution in [0.5, 0.6) is 11.5 Å². The van der Waals surface area contributed by atoms with Crippen LogP contribution in [-0.2, 0) is 14.3 Å². The van der Waals surface area contributed by atoms with E-state index in [2.05, 4.69) is 13.5 Å². The predicted molar refractivity (Wildman–Crippen MR) is 111 cm³/mol. The molecule has 0 bridgehead atoms. The molecule has 2 rings (SSSR count). The van der Waals surface area contributed by atoms with Crippen molar-refractivity contribution in [2.45, 2.75) is 39.7 Å². The molecule has 0 N–H and O–H groups in total. The second-order valence-corrected chi connectivity index (χ2v) is 6.59. The molecule has 5 heteroatoms. The van der Waals surface area contributed by atoms with E-state index >= 15 is 0 Å². The molecular weight excluding hydrogens is 356 g/mol. The van der Waals surface area contributed by atoms with Gasteiger partial charge in [-0.1, -0.05) is 44.2 Å². The van der Waals surface area contributed by atoms with Crippen molar-refractivity contribution in [1.82, 2.24) is 0 Å². The van der Waals surface area contributed by atoms with Crippen molar-refractivity contribution in [2.75, 3.05) is 26.4 Å². The lowest BCUT2D eigenvalue weighted by Crippen LogP contribution is -2.30. The molecule has 28 heavy (non-hydrogen) atoms. The van der Waals surface area contributed by atoms with Crippen LogP contribution in [0.4, 0.5) is 0 Å². The third-order valence-electron chi connectivity index (χ3n) is 4.14. The first-order valence-corrected chi connectivity index (χ1v) is 9.78. The molecule has 0 spiro atoms. The highest BCUT2D eigenvalue weighted by molar-refractivity contribution is 5.93. The lowest BCUT2D eigenvalue weighted by molar-refractivity contribution is -0.149. The number of unbranched alkanes of at least 4 members (excludes halogenated alkanes) is 1. The summed E-state index contributed by atoms with van der Waals surface area (Å²) in [4.78, 5) is 11.9. The van der Waals surface area contributed by atoms with Gasteiger partial charge < -0.3 is 18.9 Å². The second-order valence-electron chi connectivity index (χ2n) is 6.59. The molecular formula is C23H30O5. The van der Waals surface area contributed by atoms with E-state index in [1.807, 2.05) is 43.3 Å². The van der Waals surface area contributed by atoms with Crippen molar-refractivity contribution < 1.29 is 23.7 Å². The summed E-state index contributed by atoms with van der Waals surface area (Å²) in [6, 6.07) is 11.7. The lowest BCUT2D eigenvalue weighted by Gasteiger charge is -2.20. The van der Waals surface area contributed by atoms with Gasteiger partial charge in [-0.3, -0.25) is 0 Å².